The normalized spacial score (nSPS) is 17.9. The highest BCUT2D eigenvalue weighted by atomic mass is 19.3. The van der Waals surface area contributed by atoms with Crippen LogP contribution in [0.25, 0.3) is 33.5 Å². The van der Waals surface area contributed by atoms with Crippen LogP contribution in [0.4, 0.5) is 14.7 Å². The van der Waals surface area contributed by atoms with E-state index in [1.807, 2.05) is 17.2 Å². The number of aromatic amines is 1. The number of carbonyl (C=O) groups excluding carboxylic acids is 1. The number of aromatic nitrogens is 6. The molecular formula is C25H28F2N8O. The maximum absolute atomic E-state index is 13.1. The number of piperidine rings is 1. The van der Waals surface area contributed by atoms with Gasteiger partial charge in [-0.05, 0) is 50.2 Å². The average Bonchev–Trinajstić information content (AvgIpc) is 3.38. The molecule has 11 heteroatoms. The molecule has 9 nitrogen and oxygen atoms in total. The fraction of sp³-hybridized carbons (Fsp3) is 0.480. The smallest absolute Gasteiger partial charge is 0.256 e. The first-order valence-electron chi connectivity index (χ1n) is 12.3. The van der Waals surface area contributed by atoms with Crippen LogP contribution in [0.3, 0.4) is 0 Å². The predicted octanol–water partition coefficient (Wildman–Crippen LogP) is 4.15. The lowest BCUT2D eigenvalue weighted by molar-refractivity contribution is -0.132. The van der Waals surface area contributed by atoms with E-state index in [4.69, 9.17) is 0 Å². The molecule has 1 amide bonds. The molecule has 0 aromatic carbocycles. The average molecular weight is 495 g/mol. The summed E-state index contributed by atoms with van der Waals surface area (Å²) in [6, 6.07) is 3.96. The Bertz CT molecular complexity index is 1450. The molecule has 1 aliphatic heterocycles. The van der Waals surface area contributed by atoms with E-state index in [1.54, 1.807) is 26.1 Å². The van der Waals surface area contributed by atoms with E-state index in [2.05, 4.69) is 30.2 Å². The van der Waals surface area contributed by atoms with Crippen molar-refractivity contribution in [1.82, 2.24) is 34.4 Å². The van der Waals surface area contributed by atoms with Gasteiger partial charge in [-0.2, -0.15) is 4.98 Å². The molecule has 1 saturated carbocycles. The van der Waals surface area contributed by atoms with Crippen LogP contribution in [-0.2, 0) is 11.3 Å². The van der Waals surface area contributed by atoms with E-state index in [9.17, 15) is 13.6 Å². The number of halogens is 2. The molecule has 2 aliphatic rings. The maximum atomic E-state index is 13.1. The van der Waals surface area contributed by atoms with Gasteiger partial charge in [0.05, 0.1) is 12.2 Å². The summed E-state index contributed by atoms with van der Waals surface area (Å²) >= 11 is 0. The van der Waals surface area contributed by atoms with Crippen molar-refractivity contribution >= 4 is 34.1 Å². The molecule has 0 radical (unpaired) electrons. The Morgan fingerprint density at radius 1 is 1.22 bits per heavy atom. The number of anilines is 1. The highest BCUT2D eigenvalue weighted by Gasteiger charge is 2.46. The summed E-state index contributed by atoms with van der Waals surface area (Å²) in [6.45, 7) is 4.59. The molecule has 0 unspecified atom stereocenters. The number of amides is 1. The molecule has 36 heavy (non-hydrogen) atoms. The van der Waals surface area contributed by atoms with Crippen molar-refractivity contribution in [2.45, 2.75) is 58.5 Å². The number of fused-ring (bicyclic) bond motifs is 2. The second kappa shape index (κ2) is 8.49. The van der Waals surface area contributed by atoms with E-state index in [1.165, 1.54) is 4.57 Å². The molecule has 5 heterocycles. The van der Waals surface area contributed by atoms with E-state index >= 15 is 0 Å². The van der Waals surface area contributed by atoms with Crippen molar-refractivity contribution in [3.8, 4) is 11.3 Å². The monoisotopic (exact) mass is 494 g/mol. The number of carbonyl (C=O) groups is 1. The summed E-state index contributed by atoms with van der Waals surface area (Å²) in [5.74, 6) is 1.25. The molecule has 0 bridgehead atoms. The van der Waals surface area contributed by atoms with Gasteiger partial charge in [0, 0.05) is 49.4 Å². The third-order valence-corrected chi connectivity index (χ3v) is 7.77. The number of hydrogen-bond acceptors (Lipinski definition) is 6. The van der Waals surface area contributed by atoms with E-state index in [0.29, 0.717) is 45.7 Å². The Labute approximate surface area is 206 Å². The number of H-pyrrole nitrogens is 1. The zero-order chi connectivity index (χ0) is 25.0. The van der Waals surface area contributed by atoms with Crippen molar-refractivity contribution < 1.29 is 13.6 Å². The minimum atomic E-state index is -2.49. The Kier molecular flexibility index (Phi) is 5.38. The van der Waals surface area contributed by atoms with Crippen molar-refractivity contribution in [3.63, 3.8) is 0 Å². The molecule has 4 aromatic heterocycles. The van der Waals surface area contributed by atoms with Crippen LogP contribution in [0.2, 0.25) is 0 Å². The Morgan fingerprint density at radius 3 is 2.72 bits per heavy atom. The van der Waals surface area contributed by atoms with Crippen LogP contribution in [0, 0.1) is 12.3 Å². The molecule has 188 valence electrons. The maximum Gasteiger partial charge on any atom is 0.256 e. The molecule has 1 saturated heterocycles. The summed E-state index contributed by atoms with van der Waals surface area (Å²) in [5, 5.41) is 4.27. The van der Waals surface area contributed by atoms with Gasteiger partial charge in [-0.3, -0.25) is 4.79 Å². The summed E-state index contributed by atoms with van der Waals surface area (Å²) in [6.07, 6.45) is 5.33. The van der Waals surface area contributed by atoms with E-state index in [0.717, 1.165) is 49.7 Å². The minimum absolute atomic E-state index is 0.162. The van der Waals surface area contributed by atoms with Gasteiger partial charge in [0.2, 0.25) is 11.9 Å². The molecule has 1 aliphatic carbocycles. The lowest BCUT2D eigenvalue weighted by atomic mass is 9.60. The minimum Gasteiger partial charge on any atom is -0.351 e. The van der Waals surface area contributed by atoms with Crippen LogP contribution < -0.4 is 5.32 Å². The summed E-state index contributed by atoms with van der Waals surface area (Å²) < 4.78 is 27.6. The fourth-order valence-electron chi connectivity index (χ4n) is 5.78. The zero-order valence-corrected chi connectivity index (χ0v) is 20.3. The molecule has 0 atom stereocenters. The van der Waals surface area contributed by atoms with Gasteiger partial charge in [-0.15, -0.1) is 0 Å². The van der Waals surface area contributed by atoms with Gasteiger partial charge in [0.1, 0.15) is 17.0 Å². The van der Waals surface area contributed by atoms with Crippen LogP contribution in [-0.4, -0.2) is 65.9 Å². The Morgan fingerprint density at radius 2 is 2.00 bits per heavy atom. The van der Waals surface area contributed by atoms with Crippen molar-refractivity contribution in [2.24, 2.45) is 5.41 Å². The van der Waals surface area contributed by atoms with E-state index in [-0.39, 0.29) is 5.91 Å². The fourth-order valence-corrected chi connectivity index (χ4v) is 5.78. The quantitative estimate of drug-likeness (QED) is 0.432. The molecule has 2 N–H and O–H groups in total. The molecule has 1 spiro atoms. The zero-order valence-electron chi connectivity index (χ0n) is 20.3. The lowest BCUT2D eigenvalue weighted by Gasteiger charge is -2.52. The standard InChI is InChI=1S/C25H28F2N8O/c1-14-30-20-4-3-19(32-23(20)35(14)13-21(26)27)17-11-28-22-18(17)12-29-24(33-22)31-16-9-25(10-16)5-7-34(8-6-25)15(2)36/h3-4,11-12,16,21H,5-10,13H2,1-2H3,(H2,28,29,31,33). The molecule has 2 fully saturated rings. The third-order valence-electron chi connectivity index (χ3n) is 7.77. The summed E-state index contributed by atoms with van der Waals surface area (Å²) in [7, 11) is 0. The largest absolute Gasteiger partial charge is 0.351 e. The number of imidazole rings is 1. The second-order valence-corrected chi connectivity index (χ2v) is 10.1. The van der Waals surface area contributed by atoms with Crippen LogP contribution >= 0.6 is 0 Å². The number of rotatable bonds is 5. The van der Waals surface area contributed by atoms with Crippen LogP contribution in [0.15, 0.2) is 24.5 Å². The molecule has 6 rings (SSSR count). The lowest BCUT2D eigenvalue weighted by Crippen LogP contribution is -2.52. The summed E-state index contributed by atoms with van der Waals surface area (Å²) in [4.78, 5) is 34.9. The Hall–Kier alpha value is -3.63. The van der Waals surface area contributed by atoms with Gasteiger partial charge < -0.3 is 19.8 Å². The number of hydrogen-bond donors (Lipinski definition) is 2. The Balaban J connectivity index is 1.18. The number of likely N-dealkylation sites (tertiary alicyclic amines) is 1. The highest BCUT2D eigenvalue weighted by molar-refractivity contribution is 5.93. The first kappa shape index (κ1) is 22.8. The van der Waals surface area contributed by atoms with E-state index < -0.39 is 13.0 Å². The topological polar surface area (TPSA) is 105 Å². The number of alkyl halides is 2. The third kappa shape index (κ3) is 3.96. The number of aryl methyl sites for hydroxylation is 1. The molecular weight excluding hydrogens is 466 g/mol. The van der Waals surface area contributed by atoms with Crippen molar-refractivity contribution in [1.29, 1.82) is 0 Å². The number of nitrogens with one attached hydrogen (secondary N) is 2. The summed E-state index contributed by atoms with van der Waals surface area (Å²) in [5.41, 5.74) is 3.49. The molecule has 4 aromatic rings. The van der Waals surface area contributed by atoms with Crippen LogP contribution in [0.5, 0.6) is 0 Å². The van der Waals surface area contributed by atoms with Gasteiger partial charge in [-0.25, -0.2) is 23.7 Å². The van der Waals surface area contributed by atoms with Gasteiger partial charge in [-0.1, -0.05) is 0 Å². The first-order valence-corrected chi connectivity index (χ1v) is 12.3. The SMILES string of the molecule is CC(=O)N1CCC2(CC1)CC(Nc1ncc3c(-c4ccc5nc(C)n(CC(F)F)c5n4)c[nH]c3n1)C2. The van der Waals surface area contributed by atoms with Gasteiger partial charge in [0.15, 0.2) is 5.65 Å². The van der Waals surface area contributed by atoms with Crippen LogP contribution in [0.1, 0.15) is 38.4 Å². The first-order chi connectivity index (χ1) is 17.3. The predicted molar refractivity (Wildman–Crippen MR) is 132 cm³/mol. The second-order valence-electron chi connectivity index (χ2n) is 10.1. The number of pyridine rings is 1. The van der Waals surface area contributed by atoms with Gasteiger partial charge in [0.25, 0.3) is 6.43 Å². The number of nitrogens with zero attached hydrogens (tertiary/aromatic N) is 6. The van der Waals surface area contributed by atoms with Crippen molar-refractivity contribution in [3.05, 3.63) is 30.4 Å². The van der Waals surface area contributed by atoms with Gasteiger partial charge >= 0.3 is 0 Å². The highest BCUT2D eigenvalue weighted by Crippen LogP contribution is 2.49. The van der Waals surface area contributed by atoms with Crippen molar-refractivity contribution in [2.75, 3.05) is 18.4 Å².